The van der Waals surface area contributed by atoms with Crippen molar-refractivity contribution < 1.29 is 4.79 Å². The minimum absolute atomic E-state index is 0.0216. The van der Waals surface area contributed by atoms with Crippen molar-refractivity contribution in [2.75, 3.05) is 0 Å². The summed E-state index contributed by atoms with van der Waals surface area (Å²) in [6.45, 7) is 1.54. The second-order valence-corrected chi connectivity index (χ2v) is 4.84. The standard InChI is InChI=1S/C12H10BrNOS/c1-8(15)12-14-11(7-16-12)10-4-2-9(6-13)3-5-10/h2-5,7H,6H2,1H3. The van der Waals surface area contributed by atoms with E-state index in [4.69, 9.17) is 0 Å². The number of carbonyl (C=O) groups is 1. The number of carbonyl (C=O) groups excluding carboxylic acids is 1. The van der Waals surface area contributed by atoms with Gasteiger partial charge in [-0.3, -0.25) is 4.79 Å². The first kappa shape index (κ1) is 11.5. The Balaban J connectivity index is 2.31. The maximum atomic E-state index is 11.1. The molecule has 0 saturated heterocycles. The summed E-state index contributed by atoms with van der Waals surface area (Å²) in [5.74, 6) is 0.0216. The van der Waals surface area contributed by atoms with E-state index in [0.717, 1.165) is 16.6 Å². The molecule has 0 radical (unpaired) electrons. The van der Waals surface area contributed by atoms with Gasteiger partial charge >= 0.3 is 0 Å². The molecular formula is C12H10BrNOS. The zero-order valence-corrected chi connectivity index (χ0v) is 11.1. The van der Waals surface area contributed by atoms with Crippen molar-refractivity contribution in [3.05, 3.63) is 40.2 Å². The monoisotopic (exact) mass is 295 g/mol. The third-order valence-corrected chi connectivity index (χ3v) is 3.80. The van der Waals surface area contributed by atoms with Gasteiger partial charge in [0.05, 0.1) is 5.69 Å². The highest BCUT2D eigenvalue weighted by atomic mass is 79.9. The van der Waals surface area contributed by atoms with Gasteiger partial charge in [0.25, 0.3) is 0 Å². The van der Waals surface area contributed by atoms with Crippen LogP contribution in [-0.4, -0.2) is 10.8 Å². The van der Waals surface area contributed by atoms with E-state index in [9.17, 15) is 4.79 Å². The lowest BCUT2D eigenvalue weighted by atomic mass is 10.1. The normalized spacial score (nSPS) is 10.4. The highest BCUT2D eigenvalue weighted by Gasteiger charge is 2.07. The Kier molecular flexibility index (Phi) is 3.51. The molecule has 1 aromatic heterocycles. The van der Waals surface area contributed by atoms with Crippen molar-refractivity contribution in [3.63, 3.8) is 0 Å². The van der Waals surface area contributed by atoms with Gasteiger partial charge in [-0.25, -0.2) is 4.98 Å². The van der Waals surface area contributed by atoms with E-state index in [1.165, 1.54) is 23.8 Å². The van der Waals surface area contributed by atoms with Gasteiger partial charge in [0.2, 0.25) is 0 Å². The van der Waals surface area contributed by atoms with E-state index in [1.54, 1.807) is 0 Å². The van der Waals surface area contributed by atoms with Crippen molar-refractivity contribution in [1.29, 1.82) is 0 Å². The summed E-state index contributed by atoms with van der Waals surface area (Å²) in [5.41, 5.74) is 3.15. The number of hydrogen-bond donors (Lipinski definition) is 0. The molecule has 4 heteroatoms. The fraction of sp³-hybridized carbons (Fsp3) is 0.167. The first-order valence-corrected chi connectivity index (χ1v) is 6.82. The molecule has 0 bridgehead atoms. The Hall–Kier alpha value is -1.00. The van der Waals surface area contributed by atoms with E-state index < -0.39 is 0 Å². The molecular weight excluding hydrogens is 286 g/mol. The summed E-state index contributed by atoms with van der Waals surface area (Å²) in [7, 11) is 0. The zero-order chi connectivity index (χ0) is 11.5. The molecule has 2 aromatic rings. The van der Waals surface area contributed by atoms with E-state index >= 15 is 0 Å². The van der Waals surface area contributed by atoms with Gasteiger partial charge in [-0.1, -0.05) is 40.2 Å². The van der Waals surface area contributed by atoms with E-state index in [1.807, 2.05) is 17.5 Å². The second kappa shape index (κ2) is 4.89. The van der Waals surface area contributed by atoms with Crippen LogP contribution >= 0.6 is 27.3 Å². The SMILES string of the molecule is CC(=O)c1nc(-c2ccc(CBr)cc2)cs1. The molecule has 0 fully saturated rings. The first-order valence-electron chi connectivity index (χ1n) is 4.82. The predicted octanol–water partition coefficient (Wildman–Crippen LogP) is 3.91. The maximum absolute atomic E-state index is 11.1. The summed E-state index contributed by atoms with van der Waals surface area (Å²) >= 11 is 4.80. The molecule has 0 atom stereocenters. The summed E-state index contributed by atoms with van der Waals surface area (Å²) in [6.07, 6.45) is 0. The number of Topliss-reactive ketones (excluding diaryl/α,β-unsaturated/α-hetero) is 1. The number of ketones is 1. The fourth-order valence-corrected chi connectivity index (χ4v) is 2.44. The van der Waals surface area contributed by atoms with Crippen molar-refractivity contribution in [3.8, 4) is 11.3 Å². The summed E-state index contributed by atoms with van der Waals surface area (Å²) in [4.78, 5) is 15.4. The minimum Gasteiger partial charge on any atom is -0.292 e. The van der Waals surface area contributed by atoms with Crippen molar-refractivity contribution in [2.45, 2.75) is 12.3 Å². The van der Waals surface area contributed by atoms with E-state index in [2.05, 4.69) is 33.0 Å². The van der Waals surface area contributed by atoms with Crippen LogP contribution < -0.4 is 0 Å². The molecule has 0 aliphatic heterocycles. The molecule has 2 nitrogen and oxygen atoms in total. The van der Waals surface area contributed by atoms with Crippen LogP contribution in [0.5, 0.6) is 0 Å². The van der Waals surface area contributed by atoms with Crippen LogP contribution in [0.15, 0.2) is 29.6 Å². The lowest BCUT2D eigenvalue weighted by molar-refractivity contribution is 0.101. The maximum Gasteiger partial charge on any atom is 0.188 e. The van der Waals surface area contributed by atoms with Gasteiger partial charge in [-0.2, -0.15) is 0 Å². The third-order valence-electron chi connectivity index (χ3n) is 2.21. The Bertz CT molecular complexity index is 504. The van der Waals surface area contributed by atoms with Gasteiger partial charge in [0, 0.05) is 23.2 Å². The van der Waals surface area contributed by atoms with Gasteiger partial charge in [-0.05, 0) is 5.56 Å². The molecule has 0 aliphatic rings. The lowest BCUT2D eigenvalue weighted by Crippen LogP contribution is -1.89. The molecule has 0 amide bonds. The number of alkyl halides is 1. The predicted molar refractivity (Wildman–Crippen MR) is 70.2 cm³/mol. The van der Waals surface area contributed by atoms with Crippen LogP contribution in [-0.2, 0) is 5.33 Å². The lowest BCUT2D eigenvalue weighted by Gasteiger charge is -1.98. The largest absolute Gasteiger partial charge is 0.292 e. The number of rotatable bonds is 3. The molecule has 2 rings (SSSR count). The van der Waals surface area contributed by atoms with Crippen molar-refractivity contribution in [2.24, 2.45) is 0 Å². The number of thiazole rings is 1. The average Bonchev–Trinajstić information content (AvgIpc) is 2.78. The van der Waals surface area contributed by atoms with E-state index in [0.29, 0.717) is 5.01 Å². The Morgan fingerprint density at radius 2 is 2.06 bits per heavy atom. The molecule has 16 heavy (non-hydrogen) atoms. The first-order chi connectivity index (χ1) is 7.70. The smallest absolute Gasteiger partial charge is 0.188 e. The van der Waals surface area contributed by atoms with Crippen LogP contribution in [0.2, 0.25) is 0 Å². The molecule has 0 N–H and O–H groups in total. The fourth-order valence-electron chi connectivity index (χ4n) is 1.33. The molecule has 1 heterocycles. The average molecular weight is 296 g/mol. The van der Waals surface area contributed by atoms with Crippen LogP contribution in [0, 0.1) is 0 Å². The molecule has 82 valence electrons. The van der Waals surface area contributed by atoms with Gasteiger partial charge in [-0.15, -0.1) is 11.3 Å². The highest BCUT2D eigenvalue weighted by Crippen LogP contribution is 2.22. The number of halogens is 1. The topological polar surface area (TPSA) is 30.0 Å². The quantitative estimate of drug-likeness (QED) is 0.635. The summed E-state index contributed by atoms with van der Waals surface area (Å²) in [5, 5.41) is 3.34. The Labute approximate surface area is 106 Å². The highest BCUT2D eigenvalue weighted by molar-refractivity contribution is 9.08. The zero-order valence-electron chi connectivity index (χ0n) is 8.74. The number of aromatic nitrogens is 1. The minimum atomic E-state index is 0.0216. The Morgan fingerprint density at radius 3 is 2.56 bits per heavy atom. The van der Waals surface area contributed by atoms with Crippen LogP contribution in [0.1, 0.15) is 22.3 Å². The van der Waals surface area contributed by atoms with Gasteiger partial charge in [0.1, 0.15) is 0 Å². The van der Waals surface area contributed by atoms with Crippen LogP contribution in [0.4, 0.5) is 0 Å². The second-order valence-electron chi connectivity index (χ2n) is 3.42. The molecule has 0 spiro atoms. The third kappa shape index (κ3) is 2.39. The molecule has 1 aromatic carbocycles. The van der Waals surface area contributed by atoms with E-state index in [-0.39, 0.29) is 5.78 Å². The molecule has 0 unspecified atom stereocenters. The number of hydrogen-bond acceptors (Lipinski definition) is 3. The number of benzene rings is 1. The Morgan fingerprint density at radius 1 is 1.38 bits per heavy atom. The summed E-state index contributed by atoms with van der Waals surface area (Å²) in [6, 6.07) is 8.15. The molecule has 0 aliphatic carbocycles. The van der Waals surface area contributed by atoms with Crippen molar-refractivity contribution in [1.82, 2.24) is 4.98 Å². The van der Waals surface area contributed by atoms with Gasteiger partial charge < -0.3 is 0 Å². The molecule has 0 saturated carbocycles. The summed E-state index contributed by atoms with van der Waals surface area (Å²) < 4.78 is 0. The van der Waals surface area contributed by atoms with Gasteiger partial charge in [0.15, 0.2) is 10.8 Å². The number of nitrogens with zero attached hydrogens (tertiary/aromatic N) is 1. The van der Waals surface area contributed by atoms with Crippen LogP contribution in [0.3, 0.4) is 0 Å². The van der Waals surface area contributed by atoms with Crippen molar-refractivity contribution >= 4 is 33.0 Å². The van der Waals surface area contributed by atoms with Crippen LogP contribution in [0.25, 0.3) is 11.3 Å².